The summed E-state index contributed by atoms with van der Waals surface area (Å²) in [5.41, 5.74) is 9.14. The molecule has 238 valence electrons. The van der Waals surface area contributed by atoms with Crippen LogP contribution >= 0.6 is 0 Å². The number of para-hydroxylation sites is 1. The second kappa shape index (κ2) is 11.9. The summed E-state index contributed by atoms with van der Waals surface area (Å²) in [5.74, 6) is 1.84. The lowest BCUT2D eigenvalue weighted by atomic mass is 9.93. The molecule has 4 nitrogen and oxygen atoms in total. The first-order chi connectivity index (χ1) is 25.3. The van der Waals surface area contributed by atoms with E-state index >= 15 is 0 Å². The van der Waals surface area contributed by atoms with Crippen molar-refractivity contribution >= 4 is 43.5 Å². The molecule has 0 fully saturated rings. The normalized spacial score (nSPS) is 11.5. The van der Waals surface area contributed by atoms with Crippen molar-refractivity contribution in [1.82, 2.24) is 15.0 Å². The van der Waals surface area contributed by atoms with E-state index in [9.17, 15) is 0 Å². The molecule has 0 bridgehead atoms. The Bertz CT molecular complexity index is 2910. The molecule has 0 aliphatic rings. The average Bonchev–Trinajstić information content (AvgIpc) is 3.59. The number of aromatic nitrogens is 3. The van der Waals surface area contributed by atoms with Gasteiger partial charge in [-0.15, -0.1) is 0 Å². The maximum Gasteiger partial charge on any atom is 0.164 e. The van der Waals surface area contributed by atoms with Gasteiger partial charge in [-0.05, 0) is 68.1 Å². The first-order valence-electron chi connectivity index (χ1n) is 17.1. The van der Waals surface area contributed by atoms with Crippen molar-refractivity contribution < 1.29 is 4.42 Å². The summed E-state index contributed by atoms with van der Waals surface area (Å²) < 4.78 is 6.27. The Hall–Kier alpha value is -6.91. The second-order valence-corrected chi connectivity index (χ2v) is 12.8. The molecule has 10 aromatic rings. The highest BCUT2D eigenvalue weighted by molar-refractivity contribution is 6.12. The molecule has 0 saturated heterocycles. The minimum atomic E-state index is 0.602. The van der Waals surface area contributed by atoms with Gasteiger partial charge in [-0.2, -0.15) is 0 Å². The van der Waals surface area contributed by atoms with Crippen LogP contribution in [0, 0.1) is 0 Å². The monoisotopic (exact) mass is 651 g/mol. The topological polar surface area (TPSA) is 51.8 Å². The molecule has 4 heteroatoms. The molecule has 2 aromatic heterocycles. The highest BCUT2D eigenvalue weighted by atomic mass is 16.3. The van der Waals surface area contributed by atoms with Crippen LogP contribution in [0.25, 0.3) is 99.9 Å². The third-order valence-corrected chi connectivity index (χ3v) is 9.75. The molecule has 0 aliphatic carbocycles. The highest BCUT2D eigenvalue weighted by Gasteiger charge is 2.19. The second-order valence-electron chi connectivity index (χ2n) is 12.8. The van der Waals surface area contributed by atoms with E-state index in [-0.39, 0.29) is 0 Å². The number of hydrogen-bond donors (Lipinski definition) is 0. The molecule has 0 amide bonds. The quantitative estimate of drug-likeness (QED) is 0.186. The van der Waals surface area contributed by atoms with E-state index < -0.39 is 0 Å². The van der Waals surface area contributed by atoms with E-state index in [0.29, 0.717) is 17.5 Å². The van der Waals surface area contributed by atoms with E-state index in [1.165, 1.54) is 16.5 Å². The Morgan fingerprint density at radius 3 is 1.71 bits per heavy atom. The molecule has 51 heavy (non-hydrogen) atoms. The molecule has 0 aliphatic heterocycles. The van der Waals surface area contributed by atoms with E-state index in [2.05, 4.69) is 140 Å². The van der Waals surface area contributed by atoms with Gasteiger partial charge < -0.3 is 4.42 Å². The summed E-state index contributed by atoms with van der Waals surface area (Å²) in [6, 6.07) is 61.1. The fourth-order valence-corrected chi connectivity index (χ4v) is 7.25. The maximum atomic E-state index is 6.27. The molecule has 0 unspecified atom stereocenters. The third-order valence-electron chi connectivity index (χ3n) is 9.75. The SMILES string of the molecule is c1ccc(-c2ccc(-c3ccc(-c4nc(-c5ccc6ccccc6c5)nc(-c5cccc6oc7ccccc7c56)n4)c4ccccc34)cc2)cc1. The van der Waals surface area contributed by atoms with Gasteiger partial charge in [-0.1, -0.05) is 152 Å². The Labute approximate surface area is 294 Å². The van der Waals surface area contributed by atoms with Crippen LogP contribution < -0.4 is 0 Å². The van der Waals surface area contributed by atoms with Crippen LogP contribution in [-0.2, 0) is 0 Å². The summed E-state index contributed by atoms with van der Waals surface area (Å²) in [6.07, 6.45) is 0. The number of furan rings is 1. The van der Waals surface area contributed by atoms with Gasteiger partial charge in [0.15, 0.2) is 17.5 Å². The molecule has 8 aromatic carbocycles. The Balaban J connectivity index is 1.18. The van der Waals surface area contributed by atoms with Crippen LogP contribution in [0.2, 0.25) is 0 Å². The van der Waals surface area contributed by atoms with E-state index in [1.807, 2.05) is 36.4 Å². The van der Waals surface area contributed by atoms with Crippen molar-refractivity contribution in [2.45, 2.75) is 0 Å². The number of hydrogen-bond acceptors (Lipinski definition) is 4. The minimum Gasteiger partial charge on any atom is -0.456 e. The van der Waals surface area contributed by atoms with Crippen molar-refractivity contribution in [3.8, 4) is 56.4 Å². The van der Waals surface area contributed by atoms with Crippen molar-refractivity contribution in [3.63, 3.8) is 0 Å². The summed E-state index contributed by atoms with van der Waals surface area (Å²) in [6.45, 7) is 0. The van der Waals surface area contributed by atoms with Gasteiger partial charge >= 0.3 is 0 Å². The molecular weight excluding hydrogens is 623 g/mol. The van der Waals surface area contributed by atoms with Crippen LogP contribution in [0.15, 0.2) is 180 Å². The van der Waals surface area contributed by atoms with Crippen molar-refractivity contribution in [3.05, 3.63) is 176 Å². The van der Waals surface area contributed by atoms with Crippen LogP contribution in [0.4, 0.5) is 0 Å². The zero-order valence-corrected chi connectivity index (χ0v) is 27.5. The summed E-state index contributed by atoms with van der Waals surface area (Å²) in [7, 11) is 0. The van der Waals surface area contributed by atoms with Gasteiger partial charge in [0.1, 0.15) is 11.2 Å². The van der Waals surface area contributed by atoms with Crippen LogP contribution in [0.1, 0.15) is 0 Å². The Kier molecular flexibility index (Phi) is 6.78. The summed E-state index contributed by atoms with van der Waals surface area (Å²) >= 11 is 0. The molecule has 0 saturated carbocycles. The molecule has 0 radical (unpaired) electrons. The third kappa shape index (κ3) is 5.04. The van der Waals surface area contributed by atoms with E-state index in [4.69, 9.17) is 19.4 Å². The molecule has 0 spiro atoms. The lowest BCUT2D eigenvalue weighted by Crippen LogP contribution is -2.01. The van der Waals surface area contributed by atoms with Gasteiger partial charge in [0.25, 0.3) is 0 Å². The zero-order valence-electron chi connectivity index (χ0n) is 27.5. The maximum absolute atomic E-state index is 6.27. The predicted octanol–water partition coefficient (Wildman–Crippen LogP) is 12.4. The molecular formula is C47H29N3O. The first kappa shape index (κ1) is 29.0. The van der Waals surface area contributed by atoms with E-state index in [0.717, 1.165) is 65.9 Å². The molecule has 2 heterocycles. The number of rotatable bonds is 5. The van der Waals surface area contributed by atoms with Gasteiger partial charge in [0, 0.05) is 27.5 Å². The van der Waals surface area contributed by atoms with Crippen molar-refractivity contribution in [2.75, 3.05) is 0 Å². The Morgan fingerprint density at radius 2 is 0.882 bits per heavy atom. The van der Waals surface area contributed by atoms with Crippen LogP contribution in [-0.4, -0.2) is 15.0 Å². The van der Waals surface area contributed by atoms with Gasteiger partial charge in [-0.3, -0.25) is 0 Å². The average molecular weight is 652 g/mol. The lowest BCUT2D eigenvalue weighted by Gasteiger charge is -2.14. The van der Waals surface area contributed by atoms with Crippen molar-refractivity contribution in [2.24, 2.45) is 0 Å². The number of fused-ring (bicyclic) bond motifs is 5. The van der Waals surface area contributed by atoms with Gasteiger partial charge in [0.05, 0.1) is 0 Å². The summed E-state index contributed by atoms with van der Waals surface area (Å²) in [5, 5.41) is 6.55. The van der Waals surface area contributed by atoms with Crippen molar-refractivity contribution in [1.29, 1.82) is 0 Å². The number of nitrogens with zero attached hydrogens (tertiary/aromatic N) is 3. The smallest absolute Gasteiger partial charge is 0.164 e. The van der Waals surface area contributed by atoms with Crippen LogP contribution in [0.3, 0.4) is 0 Å². The van der Waals surface area contributed by atoms with Crippen LogP contribution in [0.5, 0.6) is 0 Å². The fraction of sp³-hybridized carbons (Fsp3) is 0. The fourth-order valence-electron chi connectivity index (χ4n) is 7.25. The Morgan fingerprint density at radius 1 is 0.314 bits per heavy atom. The minimum absolute atomic E-state index is 0.602. The summed E-state index contributed by atoms with van der Waals surface area (Å²) in [4.78, 5) is 15.6. The molecule has 10 rings (SSSR count). The van der Waals surface area contributed by atoms with E-state index in [1.54, 1.807) is 0 Å². The largest absolute Gasteiger partial charge is 0.456 e. The highest BCUT2D eigenvalue weighted by Crippen LogP contribution is 2.39. The lowest BCUT2D eigenvalue weighted by molar-refractivity contribution is 0.669. The number of benzene rings is 8. The standard InChI is InChI=1S/C47H29N3O/c1-2-11-30(12-3-1)32-21-24-33(25-22-32)36-27-28-39(38-16-7-6-15-37(36)38)46-48-45(35-26-23-31-13-4-5-14-34(31)29-35)49-47(50-46)41-18-10-20-43-44(41)40-17-8-9-19-42(40)51-43/h1-29H. The van der Waals surface area contributed by atoms with Gasteiger partial charge in [-0.25, -0.2) is 15.0 Å². The first-order valence-corrected chi connectivity index (χ1v) is 17.1. The zero-order chi connectivity index (χ0) is 33.7. The molecule has 0 N–H and O–H groups in total. The molecule has 0 atom stereocenters. The van der Waals surface area contributed by atoms with Gasteiger partial charge in [0.2, 0.25) is 0 Å². The predicted molar refractivity (Wildman–Crippen MR) is 209 cm³/mol.